The molecule has 0 radical (unpaired) electrons. The second-order valence-electron chi connectivity index (χ2n) is 4.51. The highest BCUT2D eigenvalue weighted by Gasteiger charge is 2.20. The number of hydrogen-bond donors (Lipinski definition) is 2. The van der Waals surface area contributed by atoms with Gasteiger partial charge in [-0.3, -0.25) is 0 Å². The Morgan fingerprint density at radius 2 is 2.10 bits per heavy atom. The van der Waals surface area contributed by atoms with Crippen LogP contribution in [-0.2, 0) is 4.74 Å². The third-order valence-corrected chi connectivity index (χ3v) is 5.41. The quantitative estimate of drug-likeness (QED) is 0.412. The molecule has 5 nitrogen and oxygen atoms in total. The zero-order chi connectivity index (χ0) is 15.8. The first kappa shape index (κ1) is 18.1. The first-order chi connectivity index (χ1) is 10.1. The number of esters is 1. The summed E-state index contributed by atoms with van der Waals surface area (Å²) in [6.45, 7) is 8.43. The Morgan fingerprint density at radius 1 is 1.43 bits per heavy atom. The van der Waals surface area contributed by atoms with Crippen molar-refractivity contribution in [3.05, 3.63) is 4.88 Å². The number of nitrogens with two attached hydrogens (primary N) is 1. The van der Waals surface area contributed by atoms with Gasteiger partial charge in [-0.15, -0.1) is 23.1 Å². The zero-order valence-corrected chi connectivity index (χ0v) is 14.8. The molecule has 3 N–H and O–H groups in total. The maximum Gasteiger partial charge on any atom is 0.350 e. The highest BCUT2D eigenvalue weighted by molar-refractivity contribution is 7.99. The summed E-state index contributed by atoms with van der Waals surface area (Å²) < 4.78 is 4.76. The van der Waals surface area contributed by atoms with Crippen molar-refractivity contribution >= 4 is 39.8 Å². The van der Waals surface area contributed by atoms with Gasteiger partial charge in [0.05, 0.1) is 17.7 Å². The van der Waals surface area contributed by atoms with Gasteiger partial charge in [-0.25, -0.2) is 4.79 Å². The Morgan fingerprint density at radius 3 is 2.62 bits per heavy atom. The summed E-state index contributed by atoms with van der Waals surface area (Å²) >= 11 is 2.92. The molecule has 0 amide bonds. The molecular formula is C14H25N3O2S2. The van der Waals surface area contributed by atoms with Gasteiger partial charge in [0, 0.05) is 6.54 Å². The Bertz CT molecular complexity index is 459. The van der Waals surface area contributed by atoms with Gasteiger partial charge in [-0.2, -0.15) is 0 Å². The van der Waals surface area contributed by atoms with Crippen LogP contribution in [0.1, 0.15) is 29.9 Å². The molecule has 120 valence electrons. The monoisotopic (exact) mass is 331 g/mol. The molecule has 1 heterocycles. The Hall–Kier alpha value is -0.920. The number of anilines is 2. The number of ether oxygens (including phenoxy) is 1. The van der Waals surface area contributed by atoms with Crippen LogP contribution >= 0.6 is 23.1 Å². The minimum atomic E-state index is -0.371. The Kier molecular flexibility index (Phi) is 7.92. The smallest absolute Gasteiger partial charge is 0.350 e. The topological polar surface area (TPSA) is 67.6 Å². The summed E-state index contributed by atoms with van der Waals surface area (Å²) in [5.74, 6) is -0.371. The highest BCUT2D eigenvalue weighted by Crippen LogP contribution is 2.41. The maximum absolute atomic E-state index is 11.7. The maximum atomic E-state index is 11.7. The third-order valence-electron chi connectivity index (χ3n) is 3.31. The summed E-state index contributed by atoms with van der Waals surface area (Å²) in [7, 11) is 1.37. The lowest BCUT2D eigenvalue weighted by molar-refractivity contribution is 0.0607. The van der Waals surface area contributed by atoms with Crippen LogP contribution in [0.2, 0.25) is 0 Å². The van der Waals surface area contributed by atoms with E-state index in [0.29, 0.717) is 10.6 Å². The number of rotatable bonds is 9. The molecule has 0 aromatic carbocycles. The number of nitrogens with zero attached hydrogens (tertiary/aromatic N) is 1. The lowest BCUT2D eigenvalue weighted by Crippen LogP contribution is -2.25. The molecule has 0 saturated heterocycles. The minimum absolute atomic E-state index is 0.371. The summed E-state index contributed by atoms with van der Waals surface area (Å²) in [5, 5.41) is 4.35. The number of carbonyl (C=O) groups is 1. The number of hydrogen-bond acceptors (Lipinski definition) is 7. The zero-order valence-electron chi connectivity index (χ0n) is 13.2. The van der Waals surface area contributed by atoms with Crippen LogP contribution in [0.5, 0.6) is 0 Å². The van der Waals surface area contributed by atoms with E-state index in [9.17, 15) is 4.79 Å². The molecular weight excluding hydrogens is 306 g/mol. The van der Waals surface area contributed by atoms with Gasteiger partial charge < -0.3 is 20.7 Å². The molecule has 0 saturated carbocycles. The molecule has 0 aliphatic heterocycles. The predicted molar refractivity (Wildman–Crippen MR) is 92.7 cm³/mol. The fourth-order valence-electron chi connectivity index (χ4n) is 2.04. The van der Waals surface area contributed by atoms with Gasteiger partial charge in [0.2, 0.25) is 0 Å². The van der Waals surface area contributed by atoms with E-state index in [4.69, 9.17) is 10.5 Å². The highest BCUT2D eigenvalue weighted by atomic mass is 32.2. The number of thioether (sulfide) groups is 1. The summed E-state index contributed by atoms with van der Waals surface area (Å²) in [6.07, 6.45) is 3.02. The summed E-state index contributed by atoms with van der Waals surface area (Å²) in [4.78, 5) is 15.5. The van der Waals surface area contributed by atoms with E-state index in [-0.39, 0.29) is 5.97 Å². The largest absolute Gasteiger partial charge is 0.465 e. The van der Waals surface area contributed by atoms with E-state index in [2.05, 4.69) is 24.1 Å². The van der Waals surface area contributed by atoms with Gasteiger partial charge in [0.25, 0.3) is 0 Å². The van der Waals surface area contributed by atoms with Crippen molar-refractivity contribution in [1.82, 2.24) is 4.90 Å². The molecule has 21 heavy (non-hydrogen) atoms. The number of methoxy groups -OCH3 is 1. The molecule has 0 aliphatic rings. The first-order valence-corrected chi connectivity index (χ1v) is 9.13. The average Bonchev–Trinajstić information content (AvgIpc) is 2.82. The predicted octanol–water partition coefficient (Wildman–Crippen LogP) is 2.98. The molecule has 1 aromatic rings. The van der Waals surface area contributed by atoms with Crippen molar-refractivity contribution in [2.24, 2.45) is 0 Å². The molecule has 0 unspecified atom stereocenters. The van der Waals surface area contributed by atoms with Crippen LogP contribution < -0.4 is 11.1 Å². The van der Waals surface area contributed by atoms with E-state index in [0.717, 1.165) is 42.5 Å². The van der Waals surface area contributed by atoms with Crippen molar-refractivity contribution in [1.29, 1.82) is 0 Å². The third kappa shape index (κ3) is 4.79. The fraction of sp³-hybridized carbons (Fsp3) is 0.643. The molecule has 0 fully saturated rings. The van der Waals surface area contributed by atoms with E-state index >= 15 is 0 Å². The second kappa shape index (κ2) is 9.17. The number of nitrogens with one attached hydrogen (secondary N) is 1. The van der Waals surface area contributed by atoms with Crippen LogP contribution in [-0.4, -0.2) is 50.4 Å². The number of thiophene rings is 1. The molecule has 1 aromatic heterocycles. The Labute approximate surface area is 135 Å². The number of nitrogen functional groups attached to an aromatic ring is 1. The van der Waals surface area contributed by atoms with Gasteiger partial charge in [-0.1, -0.05) is 13.8 Å². The van der Waals surface area contributed by atoms with Crippen molar-refractivity contribution in [3.8, 4) is 0 Å². The standard InChI is InChI=1S/C14H25N3O2S2/c1-5-17(6-2)9-7-8-16-13-11(20-4)10(15)12(21-13)14(18)19-3/h16H,5-9,15H2,1-4H3. The van der Waals surface area contributed by atoms with Gasteiger partial charge in [0.15, 0.2) is 0 Å². The molecule has 0 aliphatic carbocycles. The SMILES string of the molecule is CCN(CC)CCCNc1sc(C(=O)OC)c(N)c1SC. The first-order valence-electron chi connectivity index (χ1n) is 7.09. The summed E-state index contributed by atoms with van der Waals surface area (Å²) in [6, 6.07) is 0. The molecule has 0 bridgehead atoms. The fourth-order valence-corrected chi connectivity index (χ4v) is 4.02. The molecule has 7 heteroatoms. The van der Waals surface area contributed by atoms with Gasteiger partial charge in [0.1, 0.15) is 9.88 Å². The van der Waals surface area contributed by atoms with E-state index < -0.39 is 0 Å². The summed E-state index contributed by atoms with van der Waals surface area (Å²) in [5.41, 5.74) is 6.55. The normalized spacial score (nSPS) is 10.9. The second-order valence-corrected chi connectivity index (χ2v) is 6.34. The molecule has 0 atom stereocenters. The van der Waals surface area contributed by atoms with Crippen LogP contribution in [0.3, 0.4) is 0 Å². The molecule has 0 spiro atoms. The lowest BCUT2D eigenvalue weighted by atomic mass is 10.3. The molecule has 1 rings (SSSR count). The van der Waals surface area contributed by atoms with Crippen LogP contribution in [0, 0.1) is 0 Å². The van der Waals surface area contributed by atoms with Crippen LogP contribution in [0.15, 0.2) is 4.90 Å². The Balaban J connectivity index is 2.64. The average molecular weight is 332 g/mol. The number of carbonyl (C=O) groups excluding carboxylic acids is 1. The van der Waals surface area contributed by atoms with Crippen LogP contribution in [0.25, 0.3) is 0 Å². The van der Waals surface area contributed by atoms with Crippen molar-refractivity contribution in [2.75, 3.05) is 50.6 Å². The van der Waals surface area contributed by atoms with Crippen molar-refractivity contribution < 1.29 is 9.53 Å². The van der Waals surface area contributed by atoms with Crippen molar-refractivity contribution in [3.63, 3.8) is 0 Å². The minimum Gasteiger partial charge on any atom is -0.465 e. The van der Waals surface area contributed by atoms with Crippen molar-refractivity contribution in [2.45, 2.75) is 25.2 Å². The van der Waals surface area contributed by atoms with Gasteiger partial charge in [-0.05, 0) is 32.3 Å². The van der Waals surface area contributed by atoms with E-state index in [1.54, 1.807) is 11.8 Å². The van der Waals surface area contributed by atoms with Crippen LogP contribution in [0.4, 0.5) is 10.7 Å². The van der Waals surface area contributed by atoms with E-state index in [1.807, 2.05) is 6.26 Å². The van der Waals surface area contributed by atoms with E-state index in [1.165, 1.54) is 18.4 Å². The van der Waals surface area contributed by atoms with Gasteiger partial charge >= 0.3 is 5.97 Å². The lowest BCUT2D eigenvalue weighted by Gasteiger charge is -2.17.